The van der Waals surface area contributed by atoms with Gasteiger partial charge < -0.3 is 10.1 Å². The van der Waals surface area contributed by atoms with Gasteiger partial charge in [-0.05, 0) is 69.2 Å². The summed E-state index contributed by atoms with van der Waals surface area (Å²) in [5.74, 6) is 2.19. The topological polar surface area (TPSA) is 21.3 Å². The molecule has 0 aromatic rings. The van der Waals surface area contributed by atoms with Gasteiger partial charge in [0.1, 0.15) is 0 Å². The third-order valence-electron chi connectivity index (χ3n) is 5.03. The Bertz CT molecular complexity index is 237. The second-order valence-corrected chi connectivity index (χ2v) is 6.37. The van der Waals surface area contributed by atoms with Crippen LogP contribution in [0.2, 0.25) is 0 Å². The summed E-state index contributed by atoms with van der Waals surface area (Å²) in [6, 6.07) is 0. The lowest BCUT2D eigenvalue weighted by atomic mass is 9.78. The van der Waals surface area contributed by atoms with Crippen molar-refractivity contribution in [2.45, 2.75) is 51.0 Å². The number of rotatable bonds is 5. The van der Waals surface area contributed by atoms with Crippen molar-refractivity contribution < 1.29 is 4.74 Å². The van der Waals surface area contributed by atoms with E-state index in [1.54, 1.807) is 0 Å². The lowest BCUT2D eigenvalue weighted by molar-refractivity contribution is 0.0853. The maximum Gasteiger partial charge on any atom is 0.0576 e. The molecular weight excluding hydrogens is 198 g/mol. The highest BCUT2D eigenvalue weighted by Crippen LogP contribution is 2.61. The maximum atomic E-state index is 5.75. The van der Waals surface area contributed by atoms with Crippen molar-refractivity contribution in [1.82, 2.24) is 5.32 Å². The van der Waals surface area contributed by atoms with Gasteiger partial charge in [-0.15, -0.1) is 0 Å². The average Bonchev–Trinajstić information content (AvgIpc) is 2.72. The van der Waals surface area contributed by atoms with Crippen LogP contribution in [0.5, 0.6) is 0 Å². The first kappa shape index (κ1) is 11.0. The molecule has 3 fully saturated rings. The van der Waals surface area contributed by atoms with E-state index in [4.69, 9.17) is 4.74 Å². The van der Waals surface area contributed by atoms with Gasteiger partial charge in [-0.1, -0.05) is 0 Å². The highest BCUT2D eigenvalue weighted by atomic mass is 16.5. The van der Waals surface area contributed by atoms with Crippen LogP contribution in [0.1, 0.15) is 44.9 Å². The summed E-state index contributed by atoms with van der Waals surface area (Å²) in [5.41, 5.74) is 0.633. The third-order valence-corrected chi connectivity index (χ3v) is 5.03. The van der Waals surface area contributed by atoms with E-state index in [9.17, 15) is 0 Å². The van der Waals surface area contributed by atoms with Crippen molar-refractivity contribution in [3.05, 3.63) is 0 Å². The highest BCUT2D eigenvalue weighted by Gasteiger charge is 2.53. The van der Waals surface area contributed by atoms with Gasteiger partial charge in [-0.2, -0.15) is 0 Å². The van der Waals surface area contributed by atoms with Crippen molar-refractivity contribution >= 4 is 0 Å². The van der Waals surface area contributed by atoms with Crippen LogP contribution in [-0.2, 0) is 4.74 Å². The first-order valence-corrected chi connectivity index (χ1v) is 7.07. The molecule has 0 radical (unpaired) electrons. The Hall–Kier alpha value is -0.0800. The molecule has 1 heterocycles. The first-order valence-electron chi connectivity index (χ1n) is 7.07. The Morgan fingerprint density at radius 1 is 1.31 bits per heavy atom. The molecule has 0 spiro atoms. The summed E-state index contributed by atoms with van der Waals surface area (Å²) in [7, 11) is 2.11. The summed E-state index contributed by atoms with van der Waals surface area (Å²) in [4.78, 5) is 0. The Labute approximate surface area is 99.1 Å². The molecule has 2 heteroatoms. The van der Waals surface area contributed by atoms with Gasteiger partial charge in [-0.25, -0.2) is 0 Å². The Morgan fingerprint density at radius 2 is 2.12 bits per heavy atom. The van der Waals surface area contributed by atoms with Gasteiger partial charge in [0.25, 0.3) is 0 Å². The van der Waals surface area contributed by atoms with Gasteiger partial charge in [0.2, 0.25) is 0 Å². The van der Waals surface area contributed by atoms with Crippen LogP contribution < -0.4 is 5.32 Å². The molecule has 0 aromatic carbocycles. The Morgan fingerprint density at radius 3 is 2.75 bits per heavy atom. The molecule has 3 unspecified atom stereocenters. The summed E-state index contributed by atoms with van der Waals surface area (Å²) in [5, 5.41) is 3.43. The lowest BCUT2D eigenvalue weighted by Crippen LogP contribution is -2.32. The average molecular weight is 223 g/mol. The molecule has 16 heavy (non-hydrogen) atoms. The molecule has 1 N–H and O–H groups in total. The van der Waals surface area contributed by atoms with Gasteiger partial charge >= 0.3 is 0 Å². The standard InChI is InChI=1S/C14H25NO/c1-15-10-14(8-11-7-12(11)9-14)5-4-13-3-2-6-16-13/h11-13,15H,2-10H2,1H3. The van der Waals surface area contributed by atoms with Crippen LogP contribution in [-0.4, -0.2) is 26.3 Å². The minimum Gasteiger partial charge on any atom is -0.378 e. The zero-order chi connectivity index (χ0) is 11.0. The minimum absolute atomic E-state index is 0.589. The first-order chi connectivity index (χ1) is 7.81. The number of nitrogens with one attached hydrogen (secondary N) is 1. The predicted molar refractivity (Wildman–Crippen MR) is 65.4 cm³/mol. The number of fused-ring (bicyclic) bond motifs is 1. The molecule has 0 amide bonds. The normalized spacial score (nSPS) is 45.9. The molecule has 2 nitrogen and oxygen atoms in total. The zero-order valence-electron chi connectivity index (χ0n) is 10.5. The highest BCUT2D eigenvalue weighted by molar-refractivity contribution is 5.04. The van der Waals surface area contributed by atoms with Crippen molar-refractivity contribution in [2.75, 3.05) is 20.2 Å². The summed E-state index contributed by atoms with van der Waals surface area (Å²) >= 11 is 0. The molecule has 1 saturated heterocycles. The fourth-order valence-electron chi connectivity index (χ4n) is 4.16. The monoisotopic (exact) mass is 223 g/mol. The maximum absolute atomic E-state index is 5.75. The van der Waals surface area contributed by atoms with Gasteiger partial charge in [-0.3, -0.25) is 0 Å². The summed E-state index contributed by atoms with van der Waals surface area (Å²) < 4.78 is 5.75. The quantitative estimate of drug-likeness (QED) is 0.773. The van der Waals surface area contributed by atoms with Crippen molar-refractivity contribution in [1.29, 1.82) is 0 Å². The van der Waals surface area contributed by atoms with Gasteiger partial charge in [0, 0.05) is 13.2 Å². The second kappa shape index (κ2) is 4.30. The Kier molecular flexibility index (Phi) is 2.97. The summed E-state index contributed by atoms with van der Waals surface area (Å²) in [6.45, 7) is 2.24. The van der Waals surface area contributed by atoms with Crippen LogP contribution in [0, 0.1) is 17.3 Å². The number of ether oxygens (including phenoxy) is 1. The molecule has 0 bridgehead atoms. The van der Waals surface area contributed by atoms with Crippen molar-refractivity contribution in [3.63, 3.8) is 0 Å². The molecule has 2 aliphatic carbocycles. The van der Waals surface area contributed by atoms with Crippen LogP contribution >= 0.6 is 0 Å². The predicted octanol–water partition coefficient (Wildman–Crippen LogP) is 2.58. The van der Waals surface area contributed by atoms with Crippen LogP contribution in [0.15, 0.2) is 0 Å². The molecule has 2 saturated carbocycles. The fourth-order valence-corrected chi connectivity index (χ4v) is 4.16. The van der Waals surface area contributed by atoms with Gasteiger partial charge in [0.05, 0.1) is 6.10 Å². The second-order valence-electron chi connectivity index (χ2n) is 6.37. The van der Waals surface area contributed by atoms with Crippen molar-refractivity contribution in [3.8, 4) is 0 Å². The molecular formula is C14H25NO. The van der Waals surface area contributed by atoms with E-state index in [2.05, 4.69) is 12.4 Å². The van der Waals surface area contributed by atoms with Gasteiger partial charge in [0.15, 0.2) is 0 Å². The number of hydrogen-bond donors (Lipinski definition) is 1. The third kappa shape index (κ3) is 2.14. The SMILES string of the molecule is CNCC1(CCC2CCCO2)CC2CC2C1. The molecule has 3 aliphatic rings. The molecule has 92 valence electrons. The van der Waals surface area contributed by atoms with E-state index in [0.717, 1.165) is 18.4 Å². The van der Waals surface area contributed by atoms with E-state index in [-0.39, 0.29) is 0 Å². The van der Waals surface area contributed by atoms with E-state index < -0.39 is 0 Å². The fraction of sp³-hybridized carbons (Fsp3) is 1.00. The van der Waals surface area contributed by atoms with E-state index >= 15 is 0 Å². The van der Waals surface area contributed by atoms with Crippen molar-refractivity contribution in [2.24, 2.45) is 17.3 Å². The number of hydrogen-bond acceptors (Lipinski definition) is 2. The summed E-state index contributed by atoms with van der Waals surface area (Å²) in [6.07, 6.45) is 10.4. The van der Waals surface area contributed by atoms with E-state index in [1.807, 2.05) is 0 Å². The molecule has 1 aliphatic heterocycles. The van der Waals surface area contributed by atoms with Crippen LogP contribution in [0.3, 0.4) is 0 Å². The van der Waals surface area contributed by atoms with Crippen LogP contribution in [0.4, 0.5) is 0 Å². The van der Waals surface area contributed by atoms with E-state index in [1.165, 1.54) is 51.5 Å². The Balaban J connectivity index is 1.52. The zero-order valence-corrected chi connectivity index (χ0v) is 10.5. The smallest absolute Gasteiger partial charge is 0.0576 e. The molecule has 0 aromatic heterocycles. The molecule has 3 atom stereocenters. The lowest BCUT2D eigenvalue weighted by Gasteiger charge is -2.31. The minimum atomic E-state index is 0.589. The largest absolute Gasteiger partial charge is 0.378 e. The van der Waals surface area contributed by atoms with E-state index in [0.29, 0.717) is 11.5 Å². The molecule has 3 rings (SSSR count). The van der Waals surface area contributed by atoms with Crippen LogP contribution in [0.25, 0.3) is 0 Å².